The van der Waals surface area contributed by atoms with Crippen LogP contribution in [0, 0.1) is 0 Å². The van der Waals surface area contributed by atoms with Crippen molar-refractivity contribution >= 4 is 34.0 Å². The van der Waals surface area contributed by atoms with Gasteiger partial charge in [-0.3, -0.25) is 9.59 Å². The molecular weight excluding hydrogens is 318 g/mol. The summed E-state index contributed by atoms with van der Waals surface area (Å²) >= 11 is 0. The summed E-state index contributed by atoms with van der Waals surface area (Å²) in [7, 11) is 0. The second-order valence-corrected chi connectivity index (χ2v) is 5.92. The Balaban J connectivity index is 2.12. The third-order valence-corrected chi connectivity index (χ3v) is 4.19. The van der Waals surface area contributed by atoms with E-state index in [1.807, 2.05) is 26.0 Å². The number of rotatable bonds is 4. The Morgan fingerprint density at radius 2 is 2.08 bits per heavy atom. The molecule has 0 aromatic carbocycles. The number of carbonyl (C=O) groups is 2. The molecule has 0 aliphatic carbocycles. The number of primary amides is 1. The summed E-state index contributed by atoms with van der Waals surface area (Å²) in [6, 6.07) is 3.04. The quantitative estimate of drug-likeness (QED) is 0.777. The van der Waals surface area contributed by atoms with Gasteiger partial charge in [0.15, 0.2) is 5.78 Å². The molecule has 128 valence electrons. The minimum atomic E-state index is -0.632. The van der Waals surface area contributed by atoms with Crippen LogP contribution in [0.25, 0.3) is 16.5 Å². The number of Topliss-reactive ketones (excluding diaryl/α,β-unsaturated/α-hetero) is 1. The van der Waals surface area contributed by atoms with Crippen molar-refractivity contribution < 1.29 is 9.59 Å². The van der Waals surface area contributed by atoms with Crippen molar-refractivity contribution in [3.8, 4) is 0 Å². The van der Waals surface area contributed by atoms with Crippen molar-refractivity contribution in [3.05, 3.63) is 47.4 Å². The maximum atomic E-state index is 11.9. The summed E-state index contributed by atoms with van der Waals surface area (Å²) in [6.07, 6.45) is 5.62. The maximum absolute atomic E-state index is 11.9. The highest BCUT2D eigenvalue weighted by molar-refractivity contribution is 6.02. The minimum Gasteiger partial charge on any atom is -0.384 e. The fourth-order valence-electron chi connectivity index (χ4n) is 2.85. The fourth-order valence-corrected chi connectivity index (χ4v) is 2.85. The zero-order chi connectivity index (χ0) is 18.1. The molecule has 0 saturated carbocycles. The van der Waals surface area contributed by atoms with Crippen LogP contribution in [0.5, 0.6) is 0 Å². The van der Waals surface area contributed by atoms with E-state index in [1.165, 1.54) is 0 Å². The van der Waals surface area contributed by atoms with E-state index >= 15 is 0 Å². The van der Waals surface area contributed by atoms with Gasteiger partial charge < -0.3 is 16.8 Å². The lowest BCUT2D eigenvalue weighted by Crippen LogP contribution is -2.33. The number of nitrogens with two attached hydrogens (primary N) is 2. The Morgan fingerprint density at radius 3 is 2.72 bits per heavy atom. The van der Waals surface area contributed by atoms with Gasteiger partial charge in [-0.1, -0.05) is 13.0 Å². The first-order chi connectivity index (χ1) is 11.9. The van der Waals surface area contributed by atoms with Crippen LogP contribution in [0.2, 0.25) is 0 Å². The molecule has 0 radical (unpaired) electrons. The largest absolute Gasteiger partial charge is 0.384 e. The van der Waals surface area contributed by atoms with Gasteiger partial charge in [0.05, 0.1) is 5.52 Å². The molecule has 2 aromatic rings. The normalized spacial score (nSPS) is 16.8. The maximum Gasteiger partial charge on any atom is 0.267 e. The first-order valence-electron chi connectivity index (χ1n) is 7.95. The van der Waals surface area contributed by atoms with Crippen LogP contribution in [0.4, 0.5) is 5.82 Å². The van der Waals surface area contributed by atoms with Gasteiger partial charge in [-0.15, -0.1) is 0 Å². The number of carbonyl (C=O) groups excluding carboxylic acids is 2. The molecular formula is C18H19N5O2. The Morgan fingerprint density at radius 1 is 1.32 bits per heavy atom. The lowest BCUT2D eigenvalue weighted by Gasteiger charge is -2.22. The van der Waals surface area contributed by atoms with Gasteiger partial charge >= 0.3 is 0 Å². The Hall–Kier alpha value is -3.22. The number of nitrogens with one attached hydrogen (secondary N) is 1. The standard InChI is InChI=1S/C18H19N5O2/c1-3-15(24)14-4-9(2)12(8-21-14)11-5-10-7-22-16(19)6-13(10)23-17(11)18(20)25/h4-8,14,21H,3H2,1-2H3,(H2,19,22)(H2,20,25). The first kappa shape index (κ1) is 16.6. The van der Waals surface area contributed by atoms with Crippen LogP contribution in [0.15, 0.2) is 36.2 Å². The van der Waals surface area contributed by atoms with E-state index in [9.17, 15) is 9.59 Å². The predicted molar refractivity (Wildman–Crippen MR) is 96.4 cm³/mol. The molecule has 1 amide bonds. The summed E-state index contributed by atoms with van der Waals surface area (Å²) in [4.78, 5) is 32.2. The van der Waals surface area contributed by atoms with Crippen molar-refractivity contribution in [1.29, 1.82) is 0 Å². The number of nitrogens with zero attached hydrogens (tertiary/aromatic N) is 2. The van der Waals surface area contributed by atoms with Gasteiger partial charge in [-0.25, -0.2) is 9.97 Å². The van der Waals surface area contributed by atoms with Gasteiger partial charge in [0.2, 0.25) is 0 Å². The number of hydrogen-bond donors (Lipinski definition) is 3. The highest BCUT2D eigenvalue weighted by atomic mass is 16.1. The molecule has 1 aliphatic rings. The van der Waals surface area contributed by atoms with Crippen molar-refractivity contribution in [2.45, 2.75) is 26.3 Å². The van der Waals surface area contributed by atoms with E-state index in [0.717, 1.165) is 16.5 Å². The molecule has 1 atom stereocenters. The van der Waals surface area contributed by atoms with Gasteiger partial charge in [-0.2, -0.15) is 0 Å². The second kappa shape index (κ2) is 6.35. The number of anilines is 1. The van der Waals surface area contributed by atoms with E-state index in [0.29, 0.717) is 23.3 Å². The van der Waals surface area contributed by atoms with Crippen LogP contribution in [0.3, 0.4) is 0 Å². The summed E-state index contributed by atoms with van der Waals surface area (Å²) in [5.74, 6) is -0.215. The number of pyridine rings is 2. The fraction of sp³-hybridized carbons (Fsp3) is 0.222. The van der Waals surface area contributed by atoms with Crippen molar-refractivity contribution in [2.75, 3.05) is 5.73 Å². The summed E-state index contributed by atoms with van der Waals surface area (Å²) in [6.45, 7) is 3.71. The van der Waals surface area contributed by atoms with Crippen molar-refractivity contribution in [1.82, 2.24) is 15.3 Å². The lowest BCUT2D eigenvalue weighted by atomic mass is 9.92. The number of ketones is 1. The minimum absolute atomic E-state index is 0.0982. The zero-order valence-corrected chi connectivity index (χ0v) is 14.0. The molecule has 2 aromatic heterocycles. The Bertz CT molecular complexity index is 946. The molecule has 0 spiro atoms. The molecule has 0 saturated heterocycles. The number of amides is 1. The van der Waals surface area contributed by atoms with Crippen LogP contribution in [0.1, 0.15) is 36.3 Å². The number of allylic oxidation sites excluding steroid dienone is 2. The van der Waals surface area contributed by atoms with E-state index in [1.54, 1.807) is 18.5 Å². The molecule has 7 nitrogen and oxygen atoms in total. The molecule has 3 heterocycles. The second-order valence-electron chi connectivity index (χ2n) is 5.92. The molecule has 3 rings (SSSR count). The highest BCUT2D eigenvalue weighted by Crippen LogP contribution is 2.30. The summed E-state index contributed by atoms with van der Waals surface area (Å²) in [5, 5.41) is 3.81. The summed E-state index contributed by atoms with van der Waals surface area (Å²) < 4.78 is 0. The third-order valence-electron chi connectivity index (χ3n) is 4.19. The number of fused-ring (bicyclic) bond motifs is 1. The number of hydrogen-bond acceptors (Lipinski definition) is 6. The van der Waals surface area contributed by atoms with Crippen molar-refractivity contribution in [2.24, 2.45) is 5.73 Å². The topological polar surface area (TPSA) is 124 Å². The number of dihydropyridines is 1. The van der Waals surface area contributed by atoms with E-state index in [-0.39, 0.29) is 17.5 Å². The molecule has 0 fully saturated rings. The predicted octanol–water partition coefficient (Wildman–Crippen LogP) is 1.55. The molecule has 7 heteroatoms. The average molecular weight is 337 g/mol. The Labute approximate surface area is 144 Å². The molecule has 5 N–H and O–H groups in total. The number of nitrogen functional groups attached to an aromatic ring is 1. The molecule has 1 aliphatic heterocycles. The highest BCUT2D eigenvalue weighted by Gasteiger charge is 2.22. The SMILES string of the molecule is CCC(=O)C1C=C(C)C(c2cc3cnc(N)cc3nc2C(N)=O)=CN1. The zero-order valence-electron chi connectivity index (χ0n) is 14.0. The van der Waals surface area contributed by atoms with Crippen LogP contribution >= 0.6 is 0 Å². The van der Waals surface area contributed by atoms with Crippen molar-refractivity contribution in [3.63, 3.8) is 0 Å². The first-order valence-corrected chi connectivity index (χ1v) is 7.95. The van der Waals surface area contributed by atoms with Gasteiger partial charge in [0.1, 0.15) is 17.6 Å². The smallest absolute Gasteiger partial charge is 0.267 e. The average Bonchev–Trinajstić information content (AvgIpc) is 2.59. The van der Waals surface area contributed by atoms with Gasteiger partial charge in [0.25, 0.3) is 5.91 Å². The number of aromatic nitrogens is 2. The van der Waals surface area contributed by atoms with E-state index in [4.69, 9.17) is 11.5 Å². The van der Waals surface area contributed by atoms with Crippen LogP contribution in [-0.4, -0.2) is 27.7 Å². The molecule has 25 heavy (non-hydrogen) atoms. The van der Waals surface area contributed by atoms with E-state index in [2.05, 4.69) is 15.3 Å². The Kier molecular flexibility index (Phi) is 4.22. The van der Waals surface area contributed by atoms with Crippen LogP contribution in [-0.2, 0) is 4.79 Å². The monoisotopic (exact) mass is 337 g/mol. The van der Waals surface area contributed by atoms with Crippen LogP contribution < -0.4 is 16.8 Å². The summed E-state index contributed by atoms with van der Waals surface area (Å²) in [5.41, 5.74) is 14.1. The van der Waals surface area contributed by atoms with Gasteiger partial charge in [0, 0.05) is 41.4 Å². The lowest BCUT2D eigenvalue weighted by molar-refractivity contribution is -0.119. The third kappa shape index (κ3) is 3.08. The molecule has 0 bridgehead atoms. The van der Waals surface area contributed by atoms with E-state index < -0.39 is 5.91 Å². The van der Waals surface area contributed by atoms with Gasteiger partial charge in [-0.05, 0) is 18.6 Å². The molecule has 1 unspecified atom stereocenters.